The maximum atomic E-state index is 10.6. The van der Waals surface area contributed by atoms with E-state index in [1.165, 1.54) is 12.5 Å². The Kier molecular flexibility index (Phi) is 2.07. The second-order valence-corrected chi connectivity index (χ2v) is 4.94. The maximum absolute atomic E-state index is 10.6. The number of carboxylic acid groups (broad SMARTS) is 1. The van der Waals surface area contributed by atoms with Gasteiger partial charge in [0.2, 0.25) is 5.76 Å². The van der Waals surface area contributed by atoms with Gasteiger partial charge in [-0.2, -0.15) is 0 Å². The van der Waals surface area contributed by atoms with Gasteiger partial charge in [0.1, 0.15) is 11.9 Å². The van der Waals surface area contributed by atoms with Gasteiger partial charge in [0.25, 0.3) is 0 Å². The number of carboxylic acids is 1. The van der Waals surface area contributed by atoms with E-state index in [-0.39, 0.29) is 11.7 Å². The highest BCUT2D eigenvalue weighted by atomic mass is 16.4. The normalized spacial score (nSPS) is 33.4. The van der Waals surface area contributed by atoms with Crippen molar-refractivity contribution < 1.29 is 19.4 Å². The van der Waals surface area contributed by atoms with E-state index >= 15 is 0 Å². The number of hydrogen-bond acceptors (Lipinski definition) is 3. The lowest BCUT2D eigenvalue weighted by atomic mass is 9.95. The molecule has 0 radical (unpaired) electrons. The molecule has 3 atom stereocenters. The van der Waals surface area contributed by atoms with Gasteiger partial charge in [0, 0.05) is 0 Å². The Morgan fingerprint density at radius 2 is 2.00 bits per heavy atom. The minimum atomic E-state index is -1.09. The van der Waals surface area contributed by atoms with Crippen LogP contribution in [0.2, 0.25) is 0 Å². The molecule has 1 heterocycles. The average molecular weight is 222 g/mol. The number of furan rings is 1. The molecule has 4 heteroatoms. The van der Waals surface area contributed by atoms with Gasteiger partial charge < -0.3 is 14.6 Å². The molecule has 1 aromatic rings. The zero-order valence-electron chi connectivity index (χ0n) is 8.80. The molecule has 4 nitrogen and oxygen atoms in total. The third kappa shape index (κ3) is 1.53. The molecule has 0 saturated heterocycles. The van der Waals surface area contributed by atoms with Gasteiger partial charge in [-0.3, -0.25) is 0 Å². The predicted molar refractivity (Wildman–Crippen MR) is 54.9 cm³/mol. The average Bonchev–Trinajstić information content (AvgIpc) is 2.72. The number of aromatic carboxylic acids is 1. The number of rotatable bonds is 3. The van der Waals surface area contributed by atoms with Gasteiger partial charge in [-0.15, -0.1) is 0 Å². The first-order valence-electron chi connectivity index (χ1n) is 5.66. The molecule has 86 valence electrons. The summed E-state index contributed by atoms with van der Waals surface area (Å²) in [6, 6.07) is 2.97. The quantitative estimate of drug-likeness (QED) is 0.821. The van der Waals surface area contributed by atoms with E-state index in [1.807, 2.05) is 0 Å². The van der Waals surface area contributed by atoms with Crippen LogP contribution in [0.25, 0.3) is 0 Å². The minimum absolute atomic E-state index is 0.0998. The van der Waals surface area contributed by atoms with Crippen LogP contribution < -0.4 is 0 Å². The number of aliphatic hydroxyl groups is 1. The lowest BCUT2D eigenvalue weighted by molar-refractivity contribution is 0.0618. The van der Waals surface area contributed by atoms with E-state index in [4.69, 9.17) is 9.52 Å². The van der Waals surface area contributed by atoms with Crippen molar-refractivity contribution in [3.05, 3.63) is 23.7 Å². The third-order valence-electron chi connectivity index (χ3n) is 3.86. The van der Waals surface area contributed by atoms with Crippen LogP contribution in [0.1, 0.15) is 41.7 Å². The summed E-state index contributed by atoms with van der Waals surface area (Å²) >= 11 is 0. The van der Waals surface area contributed by atoms with Crippen LogP contribution in [0.5, 0.6) is 0 Å². The van der Waals surface area contributed by atoms with Crippen molar-refractivity contribution in [2.24, 2.45) is 17.8 Å². The first kappa shape index (κ1) is 9.90. The van der Waals surface area contributed by atoms with Crippen LogP contribution in [-0.2, 0) is 0 Å². The van der Waals surface area contributed by atoms with Crippen LogP contribution in [-0.4, -0.2) is 16.2 Å². The molecule has 2 N–H and O–H groups in total. The van der Waals surface area contributed by atoms with Crippen molar-refractivity contribution >= 4 is 5.97 Å². The van der Waals surface area contributed by atoms with Crippen molar-refractivity contribution in [3.8, 4) is 0 Å². The topological polar surface area (TPSA) is 70.7 Å². The largest absolute Gasteiger partial charge is 0.475 e. The molecule has 3 unspecified atom stereocenters. The van der Waals surface area contributed by atoms with E-state index in [1.54, 1.807) is 6.07 Å². The SMILES string of the molecule is O=C(O)c1ccc(C(O)C2CC3CC3C2)o1. The Labute approximate surface area is 92.9 Å². The molecule has 0 bridgehead atoms. The van der Waals surface area contributed by atoms with Crippen LogP contribution in [0.15, 0.2) is 16.5 Å². The van der Waals surface area contributed by atoms with E-state index < -0.39 is 12.1 Å². The van der Waals surface area contributed by atoms with Crippen molar-refractivity contribution in [2.45, 2.75) is 25.4 Å². The van der Waals surface area contributed by atoms with Crippen LogP contribution >= 0.6 is 0 Å². The fourth-order valence-electron chi connectivity index (χ4n) is 2.88. The third-order valence-corrected chi connectivity index (χ3v) is 3.86. The lowest BCUT2D eigenvalue weighted by Crippen LogP contribution is -2.10. The van der Waals surface area contributed by atoms with Gasteiger partial charge in [-0.25, -0.2) is 4.79 Å². The van der Waals surface area contributed by atoms with Crippen molar-refractivity contribution in [1.29, 1.82) is 0 Å². The molecule has 2 aliphatic carbocycles. The number of aliphatic hydroxyl groups excluding tert-OH is 1. The monoisotopic (exact) mass is 222 g/mol. The van der Waals surface area contributed by atoms with E-state index in [0.29, 0.717) is 5.76 Å². The van der Waals surface area contributed by atoms with Gasteiger partial charge >= 0.3 is 5.97 Å². The van der Waals surface area contributed by atoms with Gasteiger partial charge in [-0.05, 0) is 49.1 Å². The summed E-state index contributed by atoms with van der Waals surface area (Å²) in [5, 5.41) is 18.8. The minimum Gasteiger partial charge on any atom is -0.475 e. The maximum Gasteiger partial charge on any atom is 0.371 e. The van der Waals surface area contributed by atoms with Gasteiger partial charge in [0.05, 0.1) is 0 Å². The Morgan fingerprint density at radius 3 is 2.56 bits per heavy atom. The van der Waals surface area contributed by atoms with E-state index in [9.17, 15) is 9.90 Å². The Bertz CT molecular complexity index is 412. The second kappa shape index (κ2) is 3.35. The highest BCUT2D eigenvalue weighted by molar-refractivity contribution is 5.84. The summed E-state index contributed by atoms with van der Waals surface area (Å²) < 4.78 is 5.12. The van der Waals surface area contributed by atoms with Crippen LogP contribution in [0.4, 0.5) is 0 Å². The molecule has 2 saturated carbocycles. The van der Waals surface area contributed by atoms with Gasteiger partial charge in [0.15, 0.2) is 0 Å². The number of hydrogen-bond donors (Lipinski definition) is 2. The highest BCUT2D eigenvalue weighted by Crippen LogP contribution is 2.57. The molecule has 0 aromatic carbocycles. The van der Waals surface area contributed by atoms with Crippen LogP contribution in [0.3, 0.4) is 0 Å². The van der Waals surface area contributed by atoms with E-state index in [0.717, 1.165) is 24.7 Å². The van der Waals surface area contributed by atoms with Crippen molar-refractivity contribution in [3.63, 3.8) is 0 Å². The first-order chi connectivity index (χ1) is 7.65. The molecule has 0 amide bonds. The molecule has 16 heavy (non-hydrogen) atoms. The Balaban J connectivity index is 1.73. The fraction of sp³-hybridized carbons (Fsp3) is 0.583. The summed E-state index contributed by atoms with van der Waals surface area (Å²) in [5.74, 6) is 1.05. The highest BCUT2D eigenvalue weighted by Gasteiger charge is 2.48. The summed E-state index contributed by atoms with van der Waals surface area (Å²) in [6.45, 7) is 0. The molecular formula is C12H14O4. The summed E-state index contributed by atoms with van der Waals surface area (Å²) in [7, 11) is 0. The lowest BCUT2D eigenvalue weighted by Gasteiger charge is -2.16. The summed E-state index contributed by atoms with van der Waals surface area (Å²) in [5.41, 5.74) is 0. The zero-order chi connectivity index (χ0) is 11.3. The summed E-state index contributed by atoms with van der Waals surface area (Å²) in [6.07, 6.45) is 2.77. The zero-order valence-corrected chi connectivity index (χ0v) is 8.80. The van der Waals surface area contributed by atoms with Crippen molar-refractivity contribution in [1.82, 2.24) is 0 Å². The molecule has 0 spiro atoms. The number of fused-ring (bicyclic) bond motifs is 1. The van der Waals surface area contributed by atoms with E-state index in [2.05, 4.69) is 0 Å². The standard InChI is InChI=1S/C12H14O4/c13-11(8-4-6-3-7(6)5-8)9-1-2-10(16-9)12(14)15/h1-2,6-8,11,13H,3-5H2,(H,14,15). The molecular weight excluding hydrogens is 208 g/mol. The van der Waals surface area contributed by atoms with Crippen molar-refractivity contribution in [2.75, 3.05) is 0 Å². The Hall–Kier alpha value is -1.29. The summed E-state index contributed by atoms with van der Waals surface area (Å²) in [4.78, 5) is 10.6. The molecule has 1 aromatic heterocycles. The fourth-order valence-corrected chi connectivity index (χ4v) is 2.88. The molecule has 2 aliphatic rings. The van der Waals surface area contributed by atoms with Crippen LogP contribution in [0, 0.1) is 17.8 Å². The van der Waals surface area contributed by atoms with Gasteiger partial charge in [-0.1, -0.05) is 0 Å². The second-order valence-electron chi connectivity index (χ2n) is 4.94. The number of carbonyl (C=O) groups is 1. The predicted octanol–water partition coefficient (Wildman–Crippen LogP) is 2.06. The first-order valence-corrected chi connectivity index (χ1v) is 5.66. The molecule has 0 aliphatic heterocycles. The molecule has 2 fully saturated rings. The smallest absolute Gasteiger partial charge is 0.371 e. The molecule has 3 rings (SSSR count). The Morgan fingerprint density at radius 1 is 1.31 bits per heavy atom.